The van der Waals surface area contributed by atoms with Gasteiger partial charge in [-0.15, -0.1) is 0 Å². The summed E-state index contributed by atoms with van der Waals surface area (Å²) in [6, 6.07) is 12.7. The summed E-state index contributed by atoms with van der Waals surface area (Å²) in [6.07, 6.45) is 1.25. The fraction of sp³-hybridized carbons (Fsp3) is 0.143. The smallest absolute Gasteiger partial charge is 0.278 e. The van der Waals surface area contributed by atoms with Crippen molar-refractivity contribution >= 4 is 22.6 Å². The molecule has 28 heavy (non-hydrogen) atoms. The average Bonchev–Trinajstić information content (AvgIpc) is 3.19. The molecule has 0 aliphatic rings. The Morgan fingerprint density at radius 2 is 1.82 bits per heavy atom. The summed E-state index contributed by atoms with van der Waals surface area (Å²) in [6.45, 7) is 3.82. The molecule has 0 atom stereocenters. The highest BCUT2D eigenvalue weighted by molar-refractivity contribution is 6.07. The van der Waals surface area contributed by atoms with Crippen molar-refractivity contribution in [3.8, 4) is 17.1 Å². The summed E-state index contributed by atoms with van der Waals surface area (Å²) in [5.74, 6) is 0.671. The Hall–Kier alpha value is -3.74. The molecule has 0 saturated carbocycles. The maximum atomic E-state index is 12.8. The van der Waals surface area contributed by atoms with E-state index in [0.29, 0.717) is 28.3 Å². The van der Waals surface area contributed by atoms with E-state index in [1.54, 1.807) is 25.3 Å². The number of hydrogen-bond acceptors (Lipinski definition) is 6. The molecule has 0 spiro atoms. The lowest BCUT2D eigenvalue weighted by atomic mass is 10.1. The number of benzene rings is 2. The molecule has 0 saturated heterocycles. The quantitative estimate of drug-likeness (QED) is 0.577. The van der Waals surface area contributed by atoms with Crippen LogP contribution in [0.1, 0.15) is 21.9 Å². The van der Waals surface area contributed by atoms with Crippen LogP contribution >= 0.6 is 0 Å². The highest BCUT2D eigenvalue weighted by atomic mass is 16.5. The van der Waals surface area contributed by atoms with Crippen molar-refractivity contribution in [2.45, 2.75) is 13.8 Å². The van der Waals surface area contributed by atoms with Crippen molar-refractivity contribution in [3.63, 3.8) is 0 Å². The van der Waals surface area contributed by atoms with Gasteiger partial charge in [-0.1, -0.05) is 12.1 Å². The second-order valence-electron chi connectivity index (χ2n) is 6.31. The number of rotatable bonds is 4. The third kappa shape index (κ3) is 3.29. The zero-order valence-corrected chi connectivity index (χ0v) is 15.7. The van der Waals surface area contributed by atoms with Crippen LogP contribution in [-0.4, -0.2) is 28.0 Å². The third-order valence-electron chi connectivity index (χ3n) is 4.45. The molecule has 0 unspecified atom stereocenters. The lowest BCUT2D eigenvalue weighted by Crippen LogP contribution is -2.13. The zero-order valence-electron chi connectivity index (χ0n) is 15.7. The number of aromatic nitrogens is 3. The first-order valence-corrected chi connectivity index (χ1v) is 8.69. The molecular weight excluding hydrogens is 356 g/mol. The first-order valence-electron chi connectivity index (χ1n) is 8.69. The second-order valence-corrected chi connectivity index (χ2v) is 6.31. The van der Waals surface area contributed by atoms with Gasteiger partial charge in [-0.2, -0.15) is 0 Å². The van der Waals surface area contributed by atoms with E-state index in [4.69, 9.17) is 9.15 Å². The van der Waals surface area contributed by atoms with Crippen molar-refractivity contribution in [1.29, 1.82) is 0 Å². The van der Waals surface area contributed by atoms with Gasteiger partial charge in [0.05, 0.1) is 29.5 Å². The van der Waals surface area contributed by atoms with Gasteiger partial charge in [0.25, 0.3) is 5.91 Å². The van der Waals surface area contributed by atoms with E-state index in [2.05, 4.69) is 20.3 Å². The van der Waals surface area contributed by atoms with Gasteiger partial charge in [0.2, 0.25) is 0 Å². The van der Waals surface area contributed by atoms with Crippen LogP contribution in [0.25, 0.3) is 22.4 Å². The molecule has 1 amide bonds. The average molecular weight is 374 g/mol. The van der Waals surface area contributed by atoms with Gasteiger partial charge in [-0.25, -0.2) is 15.0 Å². The van der Waals surface area contributed by atoms with E-state index >= 15 is 0 Å². The molecule has 4 aromatic rings. The minimum atomic E-state index is -0.372. The van der Waals surface area contributed by atoms with Gasteiger partial charge in [0.15, 0.2) is 17.8 Å². The maximum Gasteiger partial charge on any atom is 0.278 e. The molecule has 0 aliphatic heterocycles. The molecule has 1 N–H and O–H groups in total. The zero-order chi connectivity index (χ0) is 19.7. The number of nitrogens with zero attached hydrogens (tertiary/aromatic N) is 3. The molecule has 7 nitrogen and oxygen atoms in total. The number of oxazole rings is 1. The number of nitrogens with one attached hydrogen (secondary N) is 1. The van der Waals surface area contributed by atoms with Crippen LogP contribution in [0.3, 0.4) is 0 Å². The molecule has 0 aliphatic carbocycles. The number of carbonyl (C=O) groups excluding carboxylic acids is 1. The Bertz CT molecular complexity index is 1180. The summed E-state index contributed by atoms with van der Waals surface area (Å²) in [5, 5.41) is 2.85. The minimum Gasteiger partial charge on any atom is -0.497 e. The summed E-state index contributed by atoms with van der Waals surface area (Å²) in [4.78, 5) is 25.9. The van der Waals surface area contributed by atoms with Crippen molar-refractivity contribution in [2.75, 3.05) is 12.4 Å². The van der Waals surface area contributed by atoms with E-state index in [0.717, 1.165) is 16.9 Å². The first-order chi connectivity index (χ1) is 13.5. The number of anilines is 1. The molecule has 4 rings (SSSR count). The van der Waals surface area contributed by atoms with E-state index in [9.17, 15) is 4.79 Å². The number of amides is 1. The molecule has 0 fully saturated rings. The molecule has 2 heterocycles. The molecule has 2 aromatic carbocycles. The summed E-state index contributed by atoms with van der Waals surface area (Å²) >= 11 is 0. The Morgan fingerprint density at radius 3 is 2.61 bits per heavy atom. The number of carbonyl (C=O) groups is 1. The summed E-state index contributed by atoms with van der Waals surface area (Å²) in [7, 11) is 1.58. The van der Waals surface area contributed by atoms with Crippen LogP contribution in [0.2, 0.25) is 0 Å². The lowest BCUT2D eigenvalue weighted by Gasteiger charge is -2.07. The van der Waals surface area contributed by atoms with Gasteiger partial charge >= 0.3 is 0 Å². The maximum absolute atomic E-state index is 12.8. The predicted molar refractivity (Wildman–Crippen MR) is 105 cm³/mol. The van der Waals surface area contributed by atoms with Crippen LogP contribution < -0.4 is 10.1 Å². The van der Waals surface area contributed by atoms with E-state index in [1.165, 1.54) is 6.39 Å². The molecule has 0 radical (unpaired) electrons. The van der Waals surface area contributed by atoms with Crippen molar-refractivity contribution in [2.24, 2.45) is 0 Å². The van der Waals surface area contributed by atoms with Crippen LogP contribution in [0.15, 0.2) is 53.3 Å². The summed E-state index contributed by atoms with van der Waals surface area (Å²) in [5.41, 5.74) is 4.74. The lowest BCUT2D eigenvalue weighted by molar-refractivity contribution is 0.102. The van der Waals surface area contributed by atoms with Crippen molar-refractivity contribution in [1.82, 2.24) is 15.0 Å². The SMILES string of the molecule is COc1cccc(-c2ocnc2C(=O)Nc2ccc3nc(C)c(C)nc3c2)c1. The highest BCUT2D eigenvalue weighted by Crippen LogP contribution is 2.27. The van der Waals surface area contributed by atoms with Crippen molar-refractivity contribution in [3.05, 3.63) is 65.9 Å². The van der Waals surface area contributed by atoms with Crippen LogP contribution in [0.5, 0.6) is 5.75 Å². The minimum absolute atomic E-state index is 0.194. The molecule has 140 valence electrons. The Morgan fingerprint density at radius 1 is 1.04 bits per heavy atom. The first kappa shape index (κ1) is 17.7. The third-order valence-corrected chi connectivity index (χ3v) is 4.45. The Balaban J connectivity index is 1.63. The standard InChI is InChI=1S/C21H18N4O3/c1-12-13(2)24-18-10-15(7-8-17(18)23-12)25-21(26)19-20(28-11-22-19)14-5-4-6-16(9-14)27-3/h4-11H,1-3H3,(H,25,26). The van der Waals surface area contributed by atoms with Gasteiger partial charge < -0.3 is 14.5 Å². The normalized spacial score (nSPS) is 10.8. The Labute approximate surface area is 161 Å². The van der Waals surface area contributed by atoms with E-state index in [1.807, 2.05) is 38.1 Å². The Kier molecular flexibility index (Phi) is 4.49. The molecular formula is C21H18N4O3. The monoisotopic (exact) mass is 374 g/mol. The van der Waals surface area contributed by atoms with Gasteiger partial charge in [-0.05, 0) is 44.2 Å². The largest absolute Gasteiger partial charge is 0.497 e. The van der Waals surface area contributed by atoms with Gasteiger partial charge in [-0.3, -0.25) is 4.79 Å². The van der Waals surface area contributed by atoms with Crippen LogP contribution in [0, 0.1) is 13.8 Å². The van der Waals surface area contributed by atoms with Crippen LogP contribution in [0.4, 0.5) is 5.69 Å². The number of fused-ring (bicyclic) bond motifs is 1. The van der Waals surface area contributed by atoms with Gasteiger partial charge in [0, 0.05) is 11.3 Å². The fourth-order valence-corrected chi connectivity index (χ4v) is 2.88. The number of ether oxygens (including phenoxy) is 1. The highest BCUT2D eigenvalue weighted by Gasteiger charge is 2.19. The van der Waals surface area contributed by atoms with Gasteiger partial charge in [0.1, 0.15) is 5.75 Å². The van der Waals surface area contributed by atoms with E-state index in [-0.39, 0.29) is 11.6 Å². The molecule has 7 heteroatoms. The fourth-order valence-electron chi connectivity index (χ4n) is 2.88. The van der Waals surface area contributed by atoms with E-state index < -0.39 is 0 Å². The second kappa shape index (κ2) is 7.11. The predicted octanol–water partition coefficient (Wildman–Crippen LogP) is 4.16. The topological polar surface area (TPSA) is 90.1 Å². The summed E-state index contributed by atoms with van der Waals surface area (Å²) < 4.78 is 10.7. The van der Waals surface area contributed by atoms with Crippen molar-refractivity contribution < 1.29 is 13.9 Å². The molecule has 0 bridgehead atoms. The molecule has 2 aromatic heterocycles. The number of aryl methyl sites for hydroxylation is 2. The number of hydrogen-bond donors (Lipinski definition) is 1. The van der Waals surface area contributed by atoms with Crippen LogP contribution in [-0.2, 0) is 0 Å². The number of methoxy groups -OCH3 is 1.